The van der Waals surface area contributed by atoms with Crippen LogP contribution in [0.15, 0.2) is 18.7 Å². The Kier molecular flexibility index (Phi) is 3.84. The number of hydrogen-bond acceptors (Lipinski definition) is 3. The standard InChI is InChI=1S/C9H13N3O3/c1-7(5-12-3-2-10-6-12)11-8(13)4-9(14)15/h2-3,6-7H,4-5H2,1H3,(H,11,13)(H,14,15). The Labute approximate surface area is 86.9 Å². The summed E-state index contributed by atoms with van der Waals surface area (Å²) in [6, 6.07) is -0.119. The van der Waals surface area contributed by atoms with Crippen molar-refractivity contribution in [1.82, 2.24) is 14.9 Å². The molecular formula is C9H13N3O3. The molecule has 0 bridgehead atoms. The van der Waals surface area contributed by atoms with E-state index in [4.69, 9.17) is 5.11 Å². The van der Waals surface area contributed by atoms with Crippen molar-refractivity contribution in [3.63, 3.8) is 0 Å². The summed E-state index contributed by atoms with van der Waals surface area (Å²) in [6.07, 6.45) is 4.57. The number of carbonyl (C=O) groups is 2. The van der Waals surface area contributed by atoms with Gasteiger partial charge in [-0.3, -0.25) is 9.59 Å². The van der Waals surface area contributed by atoms with Gasteiger partial charge < -0.3 is 15.0 Å². The van der Waals surface area contributed by atoms with Crippen LogP contribution in [0.25, 0.3) is 0 Å². The molecule has 0 aromatic carbocycles. The molecule has 15 heavy (non-hydrogen) atoms. The number of carboxylic acid groups (broad SMARTS) is 1. The maximum atomic E-state index is 11.1. The number of rotatable bonds is 5. The molecule has 0 aliphatic carbocycles. The number of hydrogen-bond donors (Lipinski definition) is 2. The fraction of sp³-hybridized carbons (Fsp3) is 0.444. The van der Waals surface area contributed by atoms with Crippen molar-refractivity contribution < 1.29 is 14.7 Å². The minimum atomic E-state index is -1.12. The van der Waals surface area contributed by atoms with Gasteiger partial charge >= 0.3 is 5.97 Å². The Morgan fingerprint density at radius 3 is 2.87 bits per heavy atom. The molecule has 0 aliphatic rings. The van der Waals surface area contributed by atoms with Crippen LogP contribution in [0.5, 0.6) is 0 Å². The molecule has 6 nitrogen and oxygen atoms in total. The van der Waals surface area contributed by atoms with Crippen molar-refractivity contribution >= 4 is 11.9 Å². The van der Waals surface area contributed by atoms with Crippen LogP contribution >= 0.6 is 0 Å². The number of nitrogens with zero attached hydrogens (tertiary/aromatic N) is 2. The molecular weight excluding hydrogens is 198 g/mol. The number of carbonyl (C=O) groups excluding carboxylic acids is 1. The highest BCUT2D eigenvalue weighted by molar-refractivity contribution is 5.93. The van der Waals surface area contributed by atoms with E-state index in [1.165, 1.54) is 0 Å². The number of amides is 1. The highest BCUT2D eigenvalue weighted by Gasteiger charge is 2.10. The summed E-state index contributed by atoms with van der Waals surface area (Å²) in [5.41, 5.74) is 0. The van der Waals surface area contributed by atoms with Crippen LogP contribution in [0.1, 0.15) is 13.3 Å². The van der Waals surface area contributed by atoms with Crippen molar-refractivity contribution in [2.75, 3.05) is 0 Å². The molecule has 1 atom stereocenters. The van der Waals surface area contributed by atoms with Crippen molar-refractivity contribution in [3.05, 3.63) is 18.7 Å². The van der Waals surface area contributed by atoms with E-state index in [1.807, 2.05) is 4.57 Å². The van der Waals surface area contributed by atoms with Crippen LogP contribution in [0.2, 0.25) is 0 Å². The number of aliphatic carboxylic acids is 1. The molecule has 82 valence electrons. The molecule has 1 aromatic heterocycles. The lowest BCUT2D eigenvalue weighted by atomic mass is 10.3. The molecule has 0 radical (unpaired) electrons. The van der Waals surface area contributed by atoms with Crippen LogP contribution in [-0.4, -0.2) is 32.6 Å². The summed E-state index contributed by atoms with van der Waals surface area (Å²) in [6.45, 7) is 2.38. The molecule has 1 rings (SSSR count). The van der Waals surface area contributed by atoms with Gasteiger partial charge in [0.05, 0.1) is 6.33 Å². The third-order valence-electron chi connectivity index (χ3n) is 1.76. The summed E-state index contributed by atoms with van der Waals surface area (Å²) in [5, 5.41) is 11.0. The van der Waals surface area contributed by atoms with Crippen molar-refractivity contribution in [3.8, 4) is 0 Å². The van der Waals surface area contributed by atoms with E-state index in [1.54, 1.807) is 25.6 Å². The van der Waals surface area contributed by atoms with Crippen LogP contribution in [0.4, 0.5) is 0 Å². The van der Waals surface area contributed by atoms with Crippen LogP contribution in [-0.2, 0) is 16.1 Å². The van der Waals surface area contributed by atoms with Crippen LogP contribution in [0.3, 0.4) is 0 Å². The summed E-state index contributed by atoms with van der Waals surface area (Å²) in [4.78, 5) is 25.2. The van der Waals surface area contributed by atoms with E-state index in [9.17, 15) is 9.59 Å². The van der Waals surface area contributed by atoms with Gasteiger partial charge in [0.1, 0.15) is 6.42 Å². The maximum absolute atomic E-state index is 11.1. The third-order valence-corrected chi connectivity index (χ3v) is 1.76. The average molecular weight is 211 g/mol. The topological polar surface area (TPSA) is 84.2 Å². The van der Waals surface area contributed by atoms with Gasteiger partial charge in [-0.05, 0) is 6.92 Å². The average Bonchev–Trinajstić information content (AvgIpc) is 2.53. The van der Waals surface area contributed by atoms with E-state index < -0.39 is 18.3 Å². The second kappa shape index (κ2) is 5.14. The Balaban J connectivity index is 2.32. The fourth-order valence-electron chi connectivity index (χ4n) is 1.22. The van der Waals surface area contributed by atoms with Gasteiger partial charge in [0, 0.05) is 25.0 Å². The Morgan fingerprint density at radius 2 is 2.33 bits per heavy atom. The fourth-order valence-corrected chi connectivity index (χ4v) is 1.22. The van der Waals surface area contributed by atoms with E-state index in [0.717, 1.165) is 0 Å². The van der Waals surface area contributed by atoms with E-state index in [-0.39, 0.29) is 6.04 Å². The number of imidazole rings is 1. The Hall–Kier alpha value is -1.85. The maximum Gasteiger partial charge on any atom is 0.312 e. The Bertz CT molecular complexity index is 334. The summed E-state index contributed by atoms with van der Waals surface area (Å²) < 4.78 is 1.81. The lowest BCUT2D eigenvalue weighted by Crippen LogP contribution is -2.36. The van der Waals surface area contributed by atoms with E-state index in [0.29, 0.717) is 6.54 Å². The van der Waals surface area contributed by atoms with Crippen molar-refractivity contribution in [2.24, 2.45) is 0 Å². The van der Waals surface area contributed by atoms with E-state index in [2.05, 4.69) is 10.3 Å². The SMILES string of the molecule is CC(Cn1ccnc1)NC(=O)CC(=O)O. The number of nitrogens with one attached hydrogen (secondary N) is 1. The number of aromatic nitrogens is 2. The molecule has 1 heterocycles. The normalized spacial score (nSPS) is 12.1. The molecule has 0 saturated carbocycles. The minimum absolute atomic E-state index is 0.119. The van der Waals surface area contributed by atoms with Gasteiger partial charge in [-0.1, -0.05) is 0 Å². The smallest absolute Gasteiger partial charge is 0.312 e. The van der Waals surface area contributed by atoms with Gasteiger partial charge in [0.25, 0.3) is 0 Å². The molecule has 0 aliphatic heterocycles. The lowest BCUT2D eigenvalue weighted by Gasteiger charge is -2.13. The zero-order valence-electron chi connectivity index (χ0n) is 8.38. The van der Waals surface area contributed by atoms with E-state index >= 15 is 0 Å². The predicted octanol–water partition coefficient (Wildman–Crippen LogP) is -0.138. The molecule has 0 fully saturated rings. The molecule has 0 spiro atoms. The first-order chi connectivity index (χ1) is 7.08. The first-order valence-electron chi connectivity index (χ1n) is 4.55. The second-order valence-electron chi connectivity index (χ2n) is 3.30. The highest BCUT2D eigenvalue weighted by Crippen LogP contribution is 1.92. The predicted molar refractivity (Wildman–Crippen MR) is 52.1 cm³/mol. The van der Waals surface area contributed by atoms with Crippen LogP contribution in [0, 0.1) is 0 Å². The molecule has 1 unspecified atom stereocenters. The Morgan fingerprint density at radius 1 is 1.60 bits per heavy atom. The monoisotopic (exact) mass is 211 g/mol. The molecule has 0 saturated heterocycles. The summed E-state index contributed by atoms with van der Waals surface area (Å²) >= 11 is 0. The quantitative estimate of drug-likeness (QED) is 0.664. The molecule has 1 aromatic rings. The van der Waals surface area contributed by atoms with Crippen molar-refractivity contribution in [1.29, 1.82) is 0 Å². The first-order valence-corrected chi connectivity index (χ1v) is 4.55. The zero-order chi connectivity index (χ0) is 11.3. The van der Waals surface area contributed by atoms with Gasteiger partial charge in [0.15, 0.2) is 0 Å². The third kappa shape index (κ3) is 4.26. The minimum Gasteiger partial charge on any atom is -0.481 e. The zero-order valence-corrected chi connectivity index (χ0v) is 8.38. The molecule has 1 amide bonds. The summed E-state index contributed by atoms with van der Waals surface area (Å²) in [5.74, 6) is -1.60. The van der Waals surface area contributed by atoms with Gasteiger partial charge in [-0.25, -0.2) is 4.98 Å². The second-order valence-corrected chi connectivity index (χ2v) is 3.30. The number of carboxylic acids is 1. The first kappa shape index (κ1) is 11.2. The summed E-state index contributed by atoms with van der Waals surface area (Å²) in [7, 11) is 0. The van der Waals surface area contributed by atoms with Gasteiger partial charge in [-0.15, -0.1) is 0 Å². The molecule has 2 N–H and O–H groups in total. The highest BCUT2D eigenvalue weighted by atomic mass is 16.4. The van der Waals surface area contributed by atoms with Crippen LogP contribution < -0.4 is 5.32 Å². The van der Waals surface area contributed by atoms with Crippen molar-refractivity contribution in [2.45, 2.75) is 25.9 Å². The molecule has 6 heteroatoms. The largest absolute Gasteiger partial charge is 0.481 e. The lowest BCUT2D eigenvalue weighted by molar-refractivity contribution is -0.140. The van der Waals surface area contributed by atoms with Gasteiger partial charge in [-0.2, -0.15) is 0 Å². The van der Waals surface area contributed by atoms with Gasteiger partial charge in [0.2, 0.25) is 5.91 Å².